The molecular weight excluding hydrogens is 392 g/mol. The average Bonchev–Trinajstić information content (AvgIpc) is 2.65. The van der Waals surface area contributed by atoms with Gasteiger partial charge in [0.25, 0.3) is 0 Å². The zero-order chi connectivity index (χ0) is 23.8. The number of aliphatic hydroxyl groups is 1. The first-order chi connectivity index (χ1) is 13.7. The van der Waals surface area contributed by atoms with E-state index in [2.05, 4.69) is 16.0 Å². The van der Waals surface area contributed by atoms with Gasteiger partial charge in [-0.1, -0.05) is 48.0 Å². The number of carbonyl (C=O) groups excluding carboxylic acids is 3. The van der Waals surface area contributed by atoms with Crippen molar-refractivity contribution in [2.45, 2.75) is 85.2 Å². The van der Waals surface area contributed by atoms with Gasteiger partial charge in [-0.05, 0) is 24.7 Å². The van der Waals surface area contributed by atoms with E-state index in [1.165, 1.54) is 6.92 Å². The van der Waals surface area contributed by atoms with Crippen LogP contribution in [0.2, 0.25) is 0 Å². The molecule has 0 aliphatic rings. The molecule has 0 spiro atoms. The molecule has 174 valence electrons. The van der Waals surface area contributed by atoms with Gasteiger partial charge in [-0.3, -0.25) is 14.4 Å². The number of amides is 3. The first-order valence-electron chi connectivity index (χ1n) is 10.3. The van der Waals surface area contributed by atoms with Crippen molar-refractivity contribution in [3.05, 3.63) is 0 Å². The molecule has 0 rings (SSSR count). The molecule has 0 aliphatic heterocycles. The fraction of sp³-hybridized carbons (Fsp3) is 0.800. The van der Waals surface area contributed by atoms with Crippen LogP contribution in [0, 0.1) is 17.8 Å². The predicted octanol–water partition coefficient (Wildman–Crippen LogP) is -0.408. The number of aliphatic carboxylic acids is 1. The Morgan fingerprint density at radius 2 is 1.20 bits per heavy atom. The highest BCUT2D eigenvalue weighted by Gasteiger charge is 2.35. The Bertz CT molecular complexity index is 608. The van der Waals surface area contributed by atoms with Crippen LogP contribution in [0.1, 0.15) is 54.9 Å². The Morgan fingerprint density at radius 1 is 0.767 bits per heavy atom. The van der Waals surface area contributed by atoms with Crippen LogP contribution >= 0.6 is 0 Å². The molecule has 0 fully saturated rings. The monoisotopic (exact) mass is 430 g/mol. The molecule has 0 aromatic rings. The largest absolute Gasteiger partial charge is 0.480 e. The number of rotatable bonds is 12. The minimum atomic E-state index is -1.39. The van der Waals surface area contributed by atoms with Crippen molar-refractivity contribution < 1.29 is 29.4 Å². The molecule has 0 aliphatic carbocycles. The van der Waals surface area contributed by atoms with Crippen LogP contribution in [-0.2, 0) is 19.2 Å². The summed E-state index contributed by atoms with van der Waals surface area (Å²) in [4.78, 5) is 49.1. The lowest BCUT2D eigenvalue weighted by Crippen LogP contribution is -2.61. The van der Waals surface area contributed by atoms with Crippen LogP contribution in [0.3, 0.4) is 0 Å². The molecule has 7 N–H and O–H groups in total. The molecule has 0 heterocycles. The van der Waals surface area contributed by atoms with Crippen molar-refractivity contribution in [3.8, 4) is 0 Å². The average molecular weight is 431 g/mol. The molecule has 30 heavy (non-hydrogen) atoms. The number of carboxylic acids is 1. The van der Waals surface area contributed by atoms with Crippen LogP contribution in [-0.4, -0.2) is 64.2 Å². The maximum Gasteiger partial charge on any atom is 0.326 e. The molecule has 0 saturated heterocycles. The molecule has 3 amide bonds. The van der Waals surface area contributed by atoms with Crippen LogP contribution in [0.5, 0.6) is 0 Å². The minimum absolute atomic E-state index is 0.134. The van der Waals surface area contributed by atoms with Crippen molar-refractivity contribution in [2.24, 2.45) is 23.5 Å². The van der Waals surface area contributed by atoms with Gasteiger partial charge in [0.05, 0.1) is 12.1 Å². The van der Waals surface area contributed by atoms with Crippen molar-refractivity contribution in [3.63, 3.8) is 0 Å². The molecule has 6 atom stereocenters. The number of nitrogens with one attached hydrogen (secondary N) is 3. The second kappa shape index (κ2) is 12.5. The third kappa shape index (κ3) is 8.27. The van der Waals surface area contributed by atoms with Gasteiger partial charge in [0.2, 0.25) is 17.7 Å². The summed E-state index contributed by atoms with van der Waals surface area (Å²) in [7, 11) is 0. The SMILES string of the molecule is CCC(C)C(NC(=O)C(N)C(C)C)C(=O)NC(C(=O)NC(C(=O)O)C(C)C)C(C)O. The van der Waals surface area contributed by atoms with Gasteiger partial charge in [-0.25, -0.2) is 4.79 Å². The third-order valence-electron chi connectivity index (χ3n) is 5.11. The summed E-state index contributed by atoms with van der Waals surface area (Å²) in [5.41, 5.74) is 5.86. The Morgan fingerprint density at radius 3 is 1.57 bits per heavy atom. The Hall–Kier alpha value is -2.20. The minimum Gasteiger partial charge on any atom is -0.480 e. The second-order valence-electron chi connectivity index (χ2n) is 8.44. The van der Waals surface area contributed by atoms with Gasteiger partial charge in [0, 0.05) is 0 Å². The van der Waals surface area contributed by atoms with Gasteiger partial charge >= 0.3 is 5.97 Å². The van der Waals surface area contributed by atoms with Crippen LogP contribution in [0.4, 0.5) is 0 Å². The summed E-state index contributed by atoms with van der Waals surface area (Å²) in [6, 6.07) is -4.34. The maximum atomic E-state index is 12.9. The smallest absolute Gasteiger partial charge is 0.326 e. The topological polar surface area (TPSA) is 171 Å². The molecule has 0 radical (unpaired) electrons. The zero-order valence-corrected chi connectivity index (χ0v) is 18.9. The number of carbonyl (C=O) groups is 4. The molecule has 0 aromatic heterocycles. The molecule has 6 unspecified atom stereocenters. The summed E-state index contributed by atoms with van der Waals surface area (Å²) in [6.07, 6.45) is -0.725. The van der Waals surface area contributed by atoms with Crippen molar-refractivity contribution >= 4 is 23.7 Å². The zero-order valence-electron chi connectivity index (χ0n) is 18.9. The normalized spacial score (nSPS) is 17.4. The molecule has 10 heteroatoms. The van der Waals surface area contributed by atoms with E-state index in [1.807, 2.05) is 6.92 Å². The lowest BCUT2D eigenvalue weighted by Gasteiger charge is -2.29. The molecular formula is C20H38N4O6. The van der Waals surface area contributed by atoms with Gasteiger partial charge < -0.3 is 31.9 Å². The number of carboxylic acid groups (broad SMARTS) is 1. The second-order valence-corrected chi connectivity index (χ2v) is 8.44. The van der Waals surface area contributed by atoms with Gasteiger partial charge in [-0.15, -0.1) is 0 Å². The maximum absolute atomic E-state index is 12.9. The fourth-order valence-corrected chi connectivity index (χ4v) is 2.66. The highest BCUT2D eigenvalue weighted by Crippen LogP contribution is 2.11. The van der Waals surface area contributed by atoms with E-state index < -0.39 is 59.9 Å². The standard InChI is InChI=1S/C20H38N4O6/c1-8-11(6)15(23-17(26)13(21)9(2)3)18(27)24-16(12(7)25)19(28)22-14(10(4)5)20(29)30/h9-16,25H,8,21H2,1-7H3,(H,22,28)(H,23,26)(H,24,27)(H,29,30). The third-order valence-corrected chi connectivity index (χ3v) is 5.11. The number of aliphatic hydroxyl groups excluding tert-OH is 1. The van der Waals surface area contributed by atoms with E-state index in [0.29, 0.717) is 6.42 Å². The van der Waals surface area contributed by atoms with Crippen molar-refractivity contribution in [1.82, 2.24) is 16.0 Å². The van der Waals surface area contributed by atoms with Crippen LogP contribution in [0.25, 0.3) is 0 Å². The number of hydrogen-bond donors (Lipinski definition) is 6. The van der Waals surface area contributed by atoms with E-state index >= 15 is 0 Å². The summed E-state index contributed by atoms with van der Waals surface area (Å²) < 4.78 is 0. The summed E-state index contributed by atoms with van der Waals surface area (Å²) in [5.74, 6) is -4.00. The predicted molar refractivity (Wildman–Crippen MR) is 112 cm³/mol. The number of hydrogen-bond acceptors (Lipinski definition) is 6. The summed E-state index contributed by atoms with van der Waals surface area (Å²) in [5, 5.41) is 26.7. The van der Waals surface area contributed by atoms with E-state index in [-0.39, 0.29) is 11.8 Å². The van der Waals surface area contributed by atoms with Gasteiger partial charge in [0.1, 0.15) is 18.1 Å². The lowest BCUT2D eigenvalue weighted by molar-refractivity contribution is -0.144. The quantitative estimate of drug-likeness (QED) is 0.244. The van der Waals surface area contributed by atoms with Gasteiger partial charge in [-0.2, -0.15) is 0 Å². The summed E-state index contributed by atoms with van der Waals surface area (Å²) in [6.45, 7) is 11.7. The highest BCUT2D eigenvalue weighted by molar-refractivity contribution is 5.94. The Balaban J connectivity index is 5.49. The fourth-order valence-electron chi connectivity index (χ4n) is 2.66. The first-order valence-corrected chi connectivity index (χ1v) is 10.3. The lowest BCUT2D eigenvalue weighted by atomic mass is 9.96. The number of nitrogens with two attached hydrogens (primary N) is 1. The van der Waals surface area contributed by atoms with Gasteiger partial charge in [0.15, 0.2) is 0 Å². The highest BCUT2D eigenvalue weighted by atomic mass is 16.4. The van der Waals surface area contributed by atoms with Crippen molar-refractivity contribution in [2.75, 3.05) is 0 Å². The van der Waals surface area contributed by atoms with E-state index in [9.17, 15) is 29.4 Å². The first kappa shape index (κ1) is 27.8. The van der Waals surface area contributed by atoms with Crippen LogP contribution < -0.4 is 21.7 Å². The molecule has 0 saturated carbocycles. The molecule has 0 bridgehead atoms. The Kier molecular flexibility index (Phi) is 11.6. The van der Waals surface area contributed by atoms with Crippen LogP contribution in [0.15, 0.2) is 0 Å². The molecule has 0 aromatic carbocycles. The van der Waals surface area contributed by atoms with E-state index in [1.54, 1.807) is 34.6 Å². The van der Waals surface area contributed by atoms with Crippen molar-refractivity contribution in [1.29, 1.82) is 0 Å². The van der Waals surface area contributed by atoms with E-state index in [4.69, 9.17) is 5.73 Å². The molecule has 10 nitrogen and oxygen atoms in total. The van der Waals surface area contributed by atoms with E-state index in [0.717, 1.165) is 0 Å². The Labute approximate surface area is 178 Å². The summed E-state index contributed by atoms with van der Waals surface area (Å²) >= 11 is 0.